The van der Waals surface area contributed by atoms with Gasteiger partial charge in [-0.2, -0.15) is 4.98 Å². The average Bonchev–Trinajstić information content (AvgIpc) is 3.56. The van der Waals surface area contributed by atoms with E-state index in [-0.39, 0.29) is 5.56 Å². The monoisotopic (exact) mass is 510 g/mol. The molecule has 4 aromatic rings. The SMILES string of the molecule is CCCCCn1c2c(c(=O)n3c(CCCc4nc(-c5ccccn5)no4)nnc13)CC(Br)=N2. The summed E-state index contributed by atoms with van der Waals surface area (Å²) >= 11 is 3.46. The standard InChI is InChI=1S/C22H23BrN8O2/c1-2-3-6-12-30-20-14(13-16(23)25-20)21(32)31-17(27-28-22(30)31)9-7-10-18-26-19(29-33-18)15-8-4-5-11-24-15/h4-5,8,11H,2-3,6-7,9-10,12-13H2,1H3. The zero-order valence-corrected chi connectivity index (χ0v) is 19.8. The lowest BCUT2D eigenvalue weighted by atomic mass is 10.2. The second-order valence-electron chi connectivity index (χ2n) is 7.96. The number of hydrogen-bond donors (Lipinski definition) is 0. The van der Waals surface area contributed by atoms with Crippen molar-refractivity contribution < 1.29 is 4.52 Å². The summed E-state index contributed by atoms with van der Waals surface area (Å²) in [6.45, 7) is 2.91. The molecule has 0 aliphatic carbocycles. The van der Waals surface area contributed by atoms with Gasteiger partial charge in [-0.15, -0.1) is 10.2 Å². The van der Waals surface area contributed by atoms with Gasteiger partial charge in [-0.25, -0.2) is 9.39 Å². The fourth-order valence-electron chi connectivity index (χ4n) is 4.00. The molecule has 5 rings (SSSR count). The Morgan fingerprint density at radius 2 is 2.06 bits per heavy atom. The highest BCUT2D eigenvalue weighted by molar-refractivity contribution is 9.18. The third kappa shape index (κ3) is 4.24. The Kier molecular flexibility index (Phi) is 6.12. The summed E-state index contributed by atoms with van der Waals surface area (Å²) in [5.41, 5.74) is 1.26. The highest BCUT2D eigenvalue weighted by Crippen LogP contribution is 2.28. The number of fused-ring (bicyclic) bond motifs is 2. The molecule has 0 bridgehead atoms. The molecular formula is C22H23BrN8O2. The Balaban J connectivity index is 1.37. The van der Waals surface area contributed by atoms with Crippen molar-refractivity contribution in [3.63, 3.8) is 0 Å². The molecule has 0 saturated heterocycles. The van der Waals surface area contributed by atoms with Crippen LogP contribution in [0.15, 0.2) is 38.7 Å². The lowest BCUT2D eigenvalue weighted by Crippen LogP contribution is -2.23. The number of hydrogen-bond acceptors (Lipinski definition) is 8. The van der Waals surface area contributed by atoms with Gasteiger partial charge in [-0.05, 0) is 40.9 Å². The Labute approximate surface area is 197 Å². The molecule has 11 heteroatoms. The molecule has 5 heterocycles. The van der Waals surface area contributed by atoms with Crippen molar-refractivity contribution in [3.8, 4) is 11.5 Å². The van der Waals surface area contributed by atoms with E-state index in [4.69, 9.17) is 4.52 Å². The molecule has 0 aromatic carbocycles. The minimum Gasteiger partial charge on any atom is -0.339 e. The molecule has 0 atom stereocenters. The summed E-state index contributed by atoms with van der Waals surface area (Å²) in [4.78, 5) is 26.5. The smallest absolute Gasteiger partial charge is 0.266 e. The molecular weight excluding hydrogens is 488 g/mol. The van der Waals surface area contributed by atoms with E-state index in [1.807, 2.05) is 22.8 Å². The zero-order valence-electron chi connectivity index (χ0n) is 18.2. The Bertz CT molecular complexity index is 1370. The molecule has 0 N–H and O–H groups in total. The normalized spacial score (nSPS) is 13.0. The van der Waals surface area contributed by atoms with Gasteiger partial charge < -0.3 is 4.52 Å². The molecule has 0 radical (unpaired) electrons. The number of nitrogens with zero attached hydrogens (tertiary/aromatic N) is 8. The van der Waals surface area contributed by atoms with Crippen molar-refractivity contribution in [3.05, 3.63) is 52.0 Å². The second kappa shape index (κ2) is 9.34. The topological polar surface area (TPSA) is 116 Å². The zero-order chi connectivity index (χ0) is 22.8. The summed E-state index contributed by atoms with van der Waals surface area (Å²) in [5.74, 6) is 2.87. The van der Waals surface area contributed by atoms with Crippen LogP contribution in [0.5, 0.6) is 0 Å². The number of aromatic nitrogens is 7. The minimum absolute atomic E-state index is 0.0971. The van der Waals surface area contributed by atoms with Crippen LogP contribution in [-0.2, 0) is 25.8 Å². The van der Waals surface area contributed by atoms with Crippen LogP contribution in [0.1, 0.15) is 49.9 Å². The van der Waals surface area contributed by atoms with Gasteiger partial charge in [0.25, 0.3) is 5.56 Å². The van der Waals surface area contributed by atoms with Crippen molar-refractivity contribution in [2.24, 2.45) is 4.99 Å². The first kappa shape index (κ1) is 21.6. The van der Waals surface area contributed by atoms with Crippen LogP contribution in [0, 0.1) is 0 Å². The predicted molar refractivity (Wildman–Crippen MR) is 126 cm³/mol. The largest absolute Gasteiger partial charge is 0.339 e. The molecule has 10 nitrogen and oxygen atoms in total. The molecule has 33 heavy (non-hydrogen) atoms. The summed E-state index contributed by atoms with van der Waals surface area (Å²) in [6.07, 6.45) is 7.21. The van der Waals surface area contributed by atoms with Crippen molar-refractivity contribution in [1.29, 1.82) is 0 Å². The van der Waals surface area contributed by atoms with Gasteiger partial charge in [0.2, 0.25) is 17.5 Å². The van der Waals surface area contributed by atoms with E-state index < -0.39 is 0 Å². The number of unbranched alkanes of at least 4 members (excludes halogenated alkanes) is 2. The van der Waals surface area contributed by atoms with Crippen LogP contribution in [0.3, 0.4) is 0 Å². The minimum atomic E-state index is -0.0971. The van der Waals surface area contributed by atoms with Gasteiger partial charge in [-0.3, -0.25) is 14.3 Å². The predicted octanol–water partition coefficient (Wildman–Crippen LogP) is 3.68. The number of pyridine rings is 1. The van der Waals surface area contributed by atoms with Crippen molar-refractivity contribution in [2.75, 3.05) is 0 Å². The highest BCUT2D eigenvalue weighted by Gasteiger charge is 2.25. The third-order valence-corrected chi connectivity index (χ3v) is 6.09. The summed E-state index contributed by atoms with van der Waals surface area (Å²) in [6, 6.07) is 5.55. The molecule has 0 fully saturated rings. The molecule has 4 aromatic heterocycles. The van der Waals surface area contributed by atoms with Gasteiger partial charge in [0, 0.05) is 32.0 Å². The first-order valence-electron chi connectivity index (χ1n) is 11.1. The van der Waals surface area contributed by atoms with Crippen LogP contribution in [0.25, 0.3) is 17.3 Å². The van der Waals surface area contributed by atoms with E-state index >= 15 is 0 Å². The van der Waals surface area contributed by atoms with Gasteiger partial charge in [0.05, 0.1) is 10.2 Å². The van der Waals surface area contributed by atoms with E-state index in [2.05, 4.69) is 53.2 Å². The fraction of sp³-hybridized carbons (Fsp3) is 0.409. The first-order chi connectivity index (χ1) is 16.2. The quantitative estimate of drug-likeness (QED) is 0.315. The van der Waals surface area contributed by atoms with Crippen molar-refractivity contribution in [1.82, 2.24) is 34.3 Å². The Morgan fingerprint density at radius 1 is 1.15 bits per heavy atom. The maximum atomic E-state index is 13.3. The van der Waals surface area contributed by atoms with Gasteiger partial charge in [-0.1, -0.05) is 31.0 Å². The number of aryl methyl sites for hydroxylation is 3. The van der Waals surface area contributed by atoms with Crippen LogP contribution in [-0.4, -0.2) is 38.9 Å². The van der Waals surface area contributed by atoms with Crippen molar-refractivity contribution >= 4 is 32.1 Å². The summed E-state index contributed by atoms with van der Waals surface area (Å²) in [7, 11) is 0. The molecule has 0 amide bonds. The van der Waals surface area contributed by atoms with Crippen LogP contribution < -0.4 is 5.56 Å². The molecule has 0 spiro atoms. The average molecular weight is 511 g/mol. The van der Waals surface area contributed by atoms with Crippen LogP contribution >= 0.6 is 15.9 Å². The lowest BCUT2D eigenvalue weighted by molar-refractivity contribution is 0.375. The third-order valence-electron chi connectivity index (χ3n) is 5.63. The molecule has 170 valence electrons. The van der Waals surface area contributed by atoms with E-state index in [0.29, 0.717) is 66.1 Å². The van der Waals surface area contributed by atoms with Crippen molar-refractivity contribution in [2.45, 2.75) is 58.4 Å². The van der Waals surface area contributed by atoms with Crippen LogP contribution in [0.2, 0.25) is 0 Å². The fourth-order valence-corrected chi connectivity index (χ4v) is 4.45. The molecule has 1 aliphatic heterocycles. The maximum absolute atomic E-state index is 13.3. The van der Waals surface area contributed by atoms with E-state index in [1.165, 1.54) is 0 Å². The molecule has 0 unspecified atom stereocenters. The molecule has 1 aliphatic rings. The highest BCUT2D eigenvalue weighted by atomic mass is 79.9. The summed E-state index contributed by atoms with van der Waals surface area (Å²) < 4.78 is 9.79. The lowest BCUT2D eigenvalue weighted by Gasteiger charge is -2.12. The van der Waals surface area contributed by atoms with E-state index in [1.54, 1.807) is 10.6 Å². The van der Waals surface area contributed by atoms with E-state index in [0.717, 1.165) is 30.4 Å². The Hall–Kier alpha value is -3.21. The number of rotatable bonds is 9. The number of halogens is 1. The van der Waals surface area contributed by atoms with Gasteiger partial charge in [0.1, 0.15) is 17.3 Å². The molecule has 0 saturated carbocycles. The van der Waals surface area contributed by atoms with Gasteiger partial charge >= 0.3 is 0 Å². The maximum Gasteiger partial charge on any atom is 0.266 e. The van der Waals surface area contributed by atoms with E-state index in [9.17, 15) is 4.79 Å². The van der Waals surface area contributed by atoms with Gasteiger partial charge in [0.15, 0.2) is 0 Å². The first-order valence-corrected chi connectivity index (χ1v) is 11.9. The number of aliphatic imine (C=N–C) groups is 1. The van der Waals surface area contributed by atoms with Crippen LogP contribution in [0.4, 0.5) is 5.82 Å². The summed E-state index contributed by atoms with van der Waals surface area (Å²) in [5, 5.41) is 12.7. The Morgan fingerprint density at radius 3 is 2.88 bits per heavy atom. The second-order valence-corrected chi connectivity index (χ2v) is 8.88.